The summed E-state index contributed by atoms with van der Waals surface area (Å²) < 4.78 is 12.3. The average molecular weight is 503 g/mol. The van der Waals surface area contributed by atoms with E-state index in [9.17, 15) is 9.59 Å². The molecule has 1 aromatic carbocycles. The second-order valence-electron chi connectivity index (χ2n) is 10.1. The zero-order valence-corrected chi connectivity index (χ0v) is 21.6. The minimum atomic E-state index is -0.582. The lowest BCUT2D eigenvalue weighted by molar-refractivity contribution is -0.132. The van der Waals surface area contributed by atoms with Gasteiger partial charge in [0.15, 0.2) is 0 Å². The second kappa shape index (κ2) is 12.0. The van der Waals surface area contributed by atoms with Gasteiger partial charge in [-0.1, -0.05) is 31.1 Å². The Hall–Kier alpha value is -3.78. The van der Waals surface area contributed by atoms with E-state index in [2.05, 4.69) is 16.8 Å². The zero-order valence-electron chi connectivity index (χ0n) is 21.6. The van der Waals surface area contributed by atoms with Gasteiger partial charge >= 0.3 is 0 Å². The van der Waals surface area contributed by atoms with Crippen molar-refractivity contribution in [1.29, 1.82) is 5.26 Å². The van der Waals surface area contributed by atoms with Crippen molar-refractivity contribution in [1.82, 2.24) is 9.88 Å². The van der Waals surface area contributed by atoms with E-state index >= 15 is 0 Å². The van der Waals surface area contributed by atoms with Gasteiger partial charge in [-0.05, 0) is 51.7 Å². The summed E-state index contributed by atoms with van der Waals surface area (Å²) >= 11 is 0. The Bertz CT molecular complexity index is 1260. The van der Waals surface area contributed by atoms with Crippen LogP contribution in [-0.4, -0.2) is 47.0 Å². The number of aromatic nitrogens is 1. The number of likely N-dealkylation sites (tertiary alicyclic amines) is 1. The van der Waals surface area contributed by atoms with Crippen LogP contribution in [0.25, 0.3) is 10.8 Å². The Labute approximate surface area is 218 Å². The van der Waals surface area contributed by atoms with Crippen molar-refractivity contribution in [2.45, 2.75) is 77.4 Å². The van der Waals surface area contributed by atoms with Crippen LogP contribution < -0.4 is 15.2 Å². The molecule has 2 aliphatic rings. The first kappa shape index (κ1) is 26.3. The number of rotatable bonds is 6. The number of benzene rings is 1. The fraction of sp³-hybridized carbons (Fsp3) is 0.517. The molecule has 1 aliphatic carbocycles. The minimum absolute atomic E-state index is 0.145. The summed E-state index contributed by atoms with van der Waals surface area (Å²) in [4.78, 5) is 30.9. The van der Waals surface area contributed by atoms with Crippen molar-refractivity contribution in [2.75, 3.05) is 13.1 Å². The number of ether oxygens (including phenoxy) is 2. The maximum Gasteiger partial charge on any atom is 0.252 e. The van der Waals surface area contributed by atoms with Gasteiger partial charge in [-0.25, -0.2) is 4.98 Å². The highest BCUT2D eigenvalue weighted by atomic mass is 16.5. The largest absolute Gasteiger partial charge is 0.490 e. The van der Waals surface area contributed by atoms with Crippen molar-refractivity contribution in [3.05, 3.63) is 29.5 Å². The molecule has 4 rings (SSSR count). The Kier molecular flexibility index (Phi) is 8.50. The van der Waals surface area contributed by atoms with Crippen LogP contribution in [0.4, 0.5) is 0 Å². The molecule has 2 N–H and O–H groups in total. The fourth-order valence-electron chi connectivity index (χ4n) is 5.00. The molecular weight excluding hydrogens is 468 g/mol. The molecule has 1 atom stereocenters. The Morgan fingerprint density at radius 3 is 2.65 bits per heavy atom. The van der Waals surface area contributed by atoms with Crippen LogP contribution in [-0.2, 0) is 4.79 Å². The number of nitrogens with two attached hydrogens (primary N) is 1. The number of carbonyl (C=O) groups is 2. The Morgan fingerprint density at radius 2 is 1.95 bits per heavy atom. The molecule has 2 fully saturated rings. The SMILES string of the molecule is CC(C)Oc1cc2c(OC3CCCN(C(=O)CC#N)C3)ncc(C#CC3CCCCC3)c2cc1C(N)=O. The van der Waals surface area contributed by atoms with E-state index in [1.807, 2.05) is 19.9 Å². The second-order valence-corrected chi connectivity index (χ2v) is 10.1. The molecule has 1 aliphatic heterocycles. The van der Waals surface area contributed by atoms with Gasteiger partial charge in [-0.3, -0.25) is 9.59 Å². The summed E-state index contributed by atoms with van der Waals surface area (Å²) in [7, 11) is 0. The summed E-state index contributed by atoms with van der Waals surface area (Å²) in [6.07, 6.45) is 8.49. The third kappa shape index (κ3) is 6.51. The highest BCUT2D eigenvalue weighted by Crippen LogP contribution is 2.34. The van der Waals surface area contributed by atoms with Crippen molar-refractivity contribution < 1.29 is 19.1 Å². The van der Waals surface area contributed by atoms with Crippen LogP contribution in [0.1, 0.15) is 81.1 Å². The first-order valence-electron chi connectivity index (χ1n) is 13.1. The van der Waals surface area contributed by atoms with Gasteiger partial charge in [-0.15, -0.1) is 0 Å². The smallest absolute Gasteiger partial charge is 0.252 e. The van der Waals surface area contributed by atoms with Crippen molar-refractivity contribution >= 4 is 22.6 Å². The number of fused-ring (bicyclic) bond motifs is 1. The van der Waals surface area contributed by atoms with Gasteiger partial charge in [0.2, 0.25) is 11.8 Å². The maximum atomic E-state index is 12.3. The topological polar surface area (TPSA) is 119 Å². The van der Waals surface area contributed by atoms with Crippen LogP contribution >= 0.6 is 0 Å². The highest BCUT2D eigenvalue weighted by Gasteiger charge is 2.26. The van der Waals surface area contributed by atoms with Gasteiger partial charge in [0.25, 0.3) is 5.91 Å². The van der Waals surface area contributed by atoms with E-state index in [4.69, 9.17) is 20.5 Å². The molecule has 2 aromatic rings. The molecule has 1 unspecified atom stereocenters. The molecule has 0 radical (unpaired) electrons. The van der Waals surface area contributed by atoms with Crippen LogP contribution in [0.2, 0.25) is 0 Å². The fourth-order valence-corrected chi connectivity index (χ4v) is 5.00. The van der Waals surface area contributed by atoms with Crippen LogP contribution in [0.3, 0.4) is 0 Å². The molecule has 37 heavy (non-hydrogen) atoms. The quantitative estimate of drug-likeness (QED) is 0.587. The number of nitriles is 1. The highest BCUT2D eigenvalue weighted by molar-refractivity contribution is 6.03. The van der Waals surface area contributed by atoms with Crippen molar-refractivity contribution in [2.24, 2.45) is 11.7 Å². The van der Waals surface area contributed by atoms with Gasteiger partial charge in [0.1, 0.15) is 18.3 Å². The van der Waals surface area contributed by atoms with E-state index < -0.39 is 5.91 Å². The molecule has 1 saturated carbocycles. The number of hydrogen-bond donors (Lipinski definition) is 1. The minimum Gasteiger partial charge on any atom is -0.490 e. The zero-order chi connectivity index (χ0) is 26.4. The Morgan fingerprint density at radius 1 is 1.16 bits per heavy atom. The molecule has 8 nitrogen and oxygen atoms in total. The lowest BCUT2D eigenvalue weighted by Crippen LogP contribution is -2.44. The summed E-state index contributed by atoms with van der Waals surface area (Å²) in [5.41, 5.74) is 6.71. The molecule has 1 aromatic heterocycles. The molecule has 2 amide bonds. The monoisotopic (exact) mass is 502 g/mol. The maximum absolute atomic E-state index is 12.3. The lowest BCUT2D eigenvalue weighted by atomic mass is 9.89. The van der Waals surface area contributed by atoms with Crippen LogP contribution in [0.15, 0.2) is 18.3 Å². The predicted molar refractivity (Wildman–Crippen MR) is 140 cm³/mol. The summed E-state index contributed by atoms with van der Waals surface area (Å²) in [5.74, 6) is 7.06. The van der Waals surface area contributed by atoms with E-state index in [1.54, 1.807) is 23.2 Å². The van der Waals surface area contributed by atoms with Crippen molar-refractivity contribution in [3.63, 3.8) is 0 Å². The molecule has 0 bridgehead atoms. The number of nitrogens with zero attached hydrogens (tertiary/aromatic N) is 3. The first-order chi connectivity index (χ1) is 17.9. The predicted octanol–water partition coefficient (Wildman–Crippen LogP) is 4.34. The van der Waals surface area contributed by atoms with E-state index in [1.165, 1.54) is 19.3 Å². The number of amides is 2. The van der Waals surface area contributed by atoms with E-state index in [0.29, 0.717) is 41.6 Å². The number of pyridine rings is 1. The van der Waals surface area contributed by atoms with Crippen molar-refractivity contribution in [3.8, 4) is 29.5 Å². The Balaban J connectivity index is 1.73. The van der Waals surface area contributed by atoms with Gasteiger partial charge < -0.3 is 20.1 Å². The molecule has 8 heteroatoms. The van der Waals surface area contributed by atoms with E-state index in [-0.39, 0.29) is 30.1 Å². The molecule has 1 saturated heterocycles. The molecule has 194 valence electrons. The first-order valence-corrected chi connectivity index (χ1v) is 13.1. The average Bonchev–Trinajstić information content (AvgIpc) is 2.88. The number of hydrogen-bond acceptors (Lipinski definition) is 6. The summed E-state index contributed by atoms with van der Waals surface area (Å²) in [5, 5.41) is 10.3. The molecule has 0 spiro atoms. The lowest BCUT2D eigenvalue weighted by Gasteiger charge is -2.32. The number of piperidine rings is 1. The van der Waals surface area contributed by atoms with Crippen LogP contribution in [0.5, 0.6) is 11.6 Å². The van der Waals surface area contributed by atoms with Gasteiger partial charge in [-0.2, -0.15) is 5.26 Å². The third-order valence-electron chi connectivity index (χ3n) is 6.83. The summed E-state index contributed by atoms with van der Waals surface area (Å²) in [6, 6.07) is 5.40. The number of carbonyl (C=O) groups excluding carboxylic acids is 2. The normalized spacial score (nSPS) is 18.1. The number of primary amides is 1. The van der Waals surface area contributed by atoms with Gasteiger partial charge in [0, 0.05) is 29.4 Å². The third-order valence-corrected chi connectivity index (χ3v) is 6.83. The summed E-state index contributed by atoms with van der Waals surface area (Å²) in [6.45, 7) is 4.76. The standard InChI is InChI=1S/C29H34N4O4/c1-19(2)36-26-16-24-23(15-25(26)28(31)35)21(11-10-20-7-4-3-5-8-20)17-32-29(24)37-22-9-6-14-33(18-22)27(34)12-13-30/h15-17,19-20,22H,3-9,12,14,18H2,1-2H3,(H2,31,35). The molecule has 2 heterocycles. The van der Waals surface area contributed by atoms with Gasteiger partial charge in [0.05, 0.1) is 29.8 Å². The van der Waals surface area contributed by atoms with Crippen LogP contribution in [0, 0.1) is 29.1 Å². The molecular formula is C29H34N4O4. The van der Waals surface area contributed by atoms with E-state index in [0.717, 1.165) is 31.1 Å².